The van der Waals surface area contributed by atoms with E-state index in [2.05, 4.69) is 20.8 Å². The Kier molecular flexibility index (Phi) is 4.37. The Morgan fingerprint density at radius 2 is 1.83 bits per heavy atom. The van der Waals surface area contributed by atoms with E-state index < -0.39 is 0 Å². The Hall–Kier alpha value is -0.830. The maximum atomic E-state index is 11.7. The third-order valence-corrected chi connectivity index (χ3v) is 7.63. The summed E-state index contributed by atoms with van der Waals surface area (Å²) in [5.74, 6) is 2.04. The van der Waals surface area contributed by atoms with E-state index in [1.165, 1.54) is 44.8 Å². The zero-order valence-electron chi connectivity index (χ0n) is 15.4. The number of fused-ring (bicyclic) bond motifs is 3. The van der Waals surface area contributed by atoms with Gasteiger partial charge in [0, 0.05) is 13.2 Å². The topological polar surface area (TPSA) is 35.5 Å². The minimum Gasteiger partial charge on any atom is -0.466 e. The van der Waals surface area contributed by atoms with Gasteiger partial charge in [0.1, 0.15) is 0 Å². The van der Waals surface area contributed by atoms with Gasteiger partial charge < -0.3 is 9.47 Å². The van der Waals surface area contributed by atoms with Crippen molar-refractivity contribution in [2.45, 2.75) is 65.4 Å². The fourth-order valence-electron chi connectivity index (χ4n) is 6.27. The van der Waals surface area contributed by atoms with Crippen molar-refractivity contribution in [2.75, 3.05) is 14.2 Å². The highest BCUT2D eigenvalue weighted by atomic mass is 16.5. The third-order valence-electron chi connectivity index (χ3n) is 7.63. The molecule has 3 rings (SSSR count). The maximum absolute atomic E-state index is 11.7. The first-order chi connectivity index (χ1) is 10.8. The van der Waals surface area contributed by atoms with E-state index in [-0.39, 0.29) is 11.4 Å². The van der Waals surface area contributed by atoms with Gasteiger partial charge in [-0.3, -0.25) is 0 Å². The summed E-state index contributed by atoms with van der Waals surface area (Å²) in [7, 11) is 3.35. The van der Waals surface area contributed by atoms with Crippen molar-refractivity contribution in [3.05, 3.63) is 11.6 Å². The van der Waals surface area contributed by atoms with Crippen LogP contribution in [0.15, 0.2) is 11.6 Å². The normalized spacial score (nSPS) is 43.8. The summed E-state index contributed by atoms with van der Waals surface area (Å²) < 4.78 is 10.7. The summed E-state index contributed by atoms with van der Waals surface area (Å²) in [5, 5.41) is 0. The molecule has 0 bridgehead atoms. The van der Waals surface area contributed by atoms with Gasteiger partial charge in [-0.25, -0.2) is 4.79 Å². The molecule has 0 aliphatic heterocycles. The van der Waals surface area contributed by atoms with Crippen molar-refractivity contribution in [3.63, 3.8) is 0 Å². The lowest BCUT2D eigenvalue weighted by molar-refractivity contribution is -0.135. The Morgan fingerprint density at radius 3 is 2.48 bits per heavy atom. The average Bonchev–Trinajstić information content (AvgIpc) is 2.86. The van der Waals surface area contributed by atoms with Crippen LogP contribution < -0.4 is 0 Å². The Balaban J connectivity index is 1.86. The first-order valence-electron chi connectivity index (χ1n) is 9.16. The number of esters is 1. The molecule has 5 atom stereocenters. The van der Waals surface area contributed by atoms with Gasteiger partial charge in [-0.05, 0) is 67.1 Å². The molecular formula is C20H32O3. The molecule has 0 amide bonds. The van der Waals surface area contributed by atoms with Crippen LogP contribution >= 0.6 is 0 Å². The van der Waals surface area contributed by atoms with Gasteiger partial charge in [0.25, 0.3) is 0 Å². The second kappa shape index (κ2) is 5.91. The second-order valence-corrected chi connectivity index (χ2v) is 8.68. The molecule has 0 radical (unpaired) electrons. The number of methoxy groups -OCH3 is 2. The lowest BCUT2D eigenvalue weighted by Crippen LogP contribution is -2.49. The van der Waals surface area contributed by atoms with Crippen molar-refractivity contribution < 1.29 is 14.3 Å². The zero-order valence-corrected chi connectivity index (χ0v) is 15.4. The van der Waals surface area contributed by atoms with Crippen molar-refractivity contribution in [1.29, 1.82) is 0 Å². The first kappa shape index (κ1) is 17.0. The fourth-order valence-corrected chi connectivity index (χ4v) is 6.27. The molecule has 0 heterocycles. The average molecular weight is 320 g/mol. The van der Waals surface area contributed by atoms with Crippen molar-refractivity contribution >= 4 is 5.97 Å². The fraction of sp³-hybridized carbons (Fsp3) is 0.850. The van der Waals surface area contributed by atoms with E-state index in [4.69, 9.17) is 9.47 Å². The summed E-state index contributed by atoms with van der Waals surface area (Å²) in [4.78, 5) is 11.7. The van der Waals surface area contributed by atoms with E-state index in [1.807, 2.05) is 7.11 Å². The minimum atomic E-state index is -0.201. The Labute approximate surface area is 140 Å². The predicted molar refractivity (Wildman–Crippen MR) is 91.0 cm³/mol. The molecule has 130 valence electrons. The third kappa shape index (κ3) is 2.56. The largest absolute Gasteiger partial charge is 0.466 e. The van der Waals surface area contributed by atoms with Crippen LogP contribution in [0.4, 0.5) is 0 Å². The van der Waals surface area contributed by atoms with Crippen LogP contribution in [-0.2, 0) is 14.3 Å². The smallest absolute Gasteiger partial charge is 0.330 e. The molecule has 0 saturated heterocycles. The lowest BCUT2D eigenvalue weighted by atomic mass is 9.49. The number of hydrogen-bond acceptors (Lipinski definition) is 3. The van der Waals surface area contributed by atoms with E-state index in [9.17, 15) is 4.79 Å². The Morgan fingerprint density at radius 1 is 1.09 bits per heavy atom. The van der Waals surface area contributed by atoms with Gasteiger partial charge in [0.05, 0.1) is 13.2 Å². The summed E-state index contributed by atoms with van der Waals surface area (Å²) in [6.45, 7) is 7.13. The molecule has 0 spiro atoms. The van der Waals surface area contributed by atoms with Crippen LogP contribution in [0.2, 0.25) is 0 Å². The number of carbonyl (C=O) groups excluding carboxylic acids is 1. The zero-order chi connectivity index (χ0) is 16.8. The molecule has 23 heavy (non-hydrogen) atoms. The molecule has 0 unspecified atom stereocenters. The molecule has 3 aliphatic rings. The first-order valence-corrected chi connectivity index (χ1v) is 9.16. The standard InChI is InChI=1S/C20H32O3/c1-19(2)13(12-18(21)23-5)6-7-14-15(19)10-11-20(3)16(14)8-9-17(20)22-4/h12,14-17H,6-11H2,1-5H3/b13-12-/t14-,15+,16+,17+,20+/m1/s1. The van der Waals surface area contributed by atoms with Crippen molar-refractivity contribution in [3.8, 4) is 0 Å². The summed E-state index contributed by atoms with van der Waals surface area (Å²) >= 11 is 0. The van der Waals surface area contributed by atoms with Gasteiger partial charge in [-0.15, -0.1) is 0 Å². The number of allylic oxidation sites excluding steroid dienone is 1. The molecule has 0 aromatic carbocycles. The number of rotatable bonds is 2. The van der Waals surface area contributed by atoms with Crippen LogP contribution in [0.1, 0.15) is 59.3 Å². The van der Waals surface area contributed by atoms with Crippen LogP contribution in [0.5, 0.6) is 0 Å². The SMILES string of the molecule is COC(=O)/C=C1/CC[C@@H]2[C@H](CC[C@]3(C)[C@@H](OC)CC[C@@H]23)C1(C)C. The molecular weight excluding hydrogens is 288 g/mol. The van der Waals surface area contributed by atoms with E-state index >= 15 is 0 Å². The number of hydrogen-bond donors (Lipinski definition) is 0. The summed E-state index contributed by atoms with van der Waals surface area (Å²) in [6.07, 6.45) is 9.48. The molecule has 0 aromatic heterocycles. The summed E-state index contributed by atoms with van der Waals surface area (Å²) in [5.41, 5.74) is 1.74. The van der Waals surface area contributed by atoms with Gasteiger partial charge in [-0.2, -0.15) is 0 Å². The lowest BCUT2D eigenvalue weighted by Gasteiger charge is -2.56. The van der Waals surface area contributed by atoms with Crippen molar-refractivity contribution in [2.24, 2.45) is 28.6 Å². The second-order valence-electron chi connectivity index (χ2n) is 8.68. The van der Waals surface area contributed by atoms with Crippen LogP contribution in [0.25, 0.3) is 0 Å². The molecule has 3 saturated carbocycles. The van der Waals surface area contributed by atoms with Gasteiger partial charge in [-0.1, -0.05) is 26.3 Å². The predicted octanol–water partition coefficient (Wildman–Crippen LogP) is 4.36. The van der Waals surface area contributed by atoms with Crippen molar-refractivity contribution in [1.82, 2.24) is 0 Å². The highest BCUT2D eigenvalue weighted by Gasteiger charge is 2.57. The highest BCUT2D eigenvalue weighted by molar-refractivity contribution is 5.83. The van der Waals surface area contributed by atoms with Gasteiger partial charge in [0.15, 0.2) is 0 Å². The van der Waals surface area contributed by atoms with Crippen LogP contribution in [-0.4, -0.2) is 26.3 Å². The minimum absolute atomic E-state index is 0.101. The Bertz CT molecular complexity index is 507. The molecule has 0 aromatic rings. The maximum Gasteiger partial charge on any atom is 0.330 e. The van der Waals surface area contributed by atoms with Gasteiger partial charge >= 0.3 is 5.97 Å². The molecule has 3 nitrogen and oxygen atoms in total. The van der Waals surface area contributed by atoms with Crippen LogP contribution in [0.3, 0.4) is 0 Å². The number of carbonyl (C=O) groups is 1. The van der Waals surface area contributed by atoms with Crippen LogP contribution in [0, 0.1) is 28.6 Å². The van der Waals surface area contributed by atoms with E-state index in [0.717, 1.165) is 18.3 Å². The highest BCUT2D eigenvalue weighted by Crippen LogP contribution is 2.64. The summed E-state index contributed by atoms with van der Waals surface area (Å²) in [6, 6.07) is 0. The quantitative estimate of drug-likeness (QED) is 0.560. The monoisotopic (exact) mass is 320 g/mol. The molecule has 3 fully saturated rings. The molecule has 3 heteroatoms. The van der Waals surface area contributed by atoms with E-state index in [0.29, 0.717) is 17.4 Å². The van der Waals surface area contributed by atoms with E-state index in [1.54, 1.807) is 6.08 Å². The molecule has 0 N–H and O–H groups in total. The molecule has 3 aliphatic carbocycles. The van der Waals surface area contributed by atoms with Gasteiger partial charge in [0.2, 0.25) is 0 Å². The number of ether oxygens (including phenoxy) is 2.